The van der Waals surface area contributed by atoms with Gasteiger partial charge in [-0.3, -0.25) is 0 Å². The first kappa shape index (κ1) is 13.5. The predicted molar refractivity (Wildman–Crippen MR) is 70.9 cm³/mol. The fourth-order valence-electron chi connectivity index (χ4n) is 1.44. The lowest BCUT2D eigenvalue weighted by Gasteiger charge is -2.08. The summed E-state index contributed by atoms with van der Waals surface area (Å²) in [5.41, 5.74) is 1.28. The van der Waals surface area contributed by atoms with Crippen LogP contribution in [-0.4, -0.2) is 19.1 Å². The molecule has 0 bridgehead atoms. The summed E-state index contributed by atoms with van der Waals surface area (Å²) in [5.74, 6) is 0. The molecule has 0 amide bonds. The molecule has 16 heavy (non-hydrogen) atoms. The van der Waals surface area contributed by atoms with Crippen molar-refractivity contribution in [2.24, 2.45) is 0 Å². The van der Waals surface area contributed by atoms with Crippen LogP contribution in [0, 0.1) is 0 Å². The van der Waals surface area contributed by atoms with Gasteiger partial charge in [0.15, 0.2) is 0 Å². The van der Waals surface area contributed by atoms with E-state index in [-0.39, 0.29) is 0 Å². The minimum absolute atomic E-state index is 0.580. The molecule has 0 aliphatic rings. The molecule has 1 aromatic carbocycles. The van der Waals surface area contributed by atoms with E-state index in [2.05, 4.69) is 36.6 Å². The van der Waals surface area contributed by atoms with E-state index in [9.17, 15) is 0 Å². The Bertz CT molecular complexity index is 282. The molecule has 0 saturated heterocycles. The molecule has 0 fully saturated rings. The van der Waals surface area contributed by atoms with E-state index in [4.69, 9.17) is 11.6 Å². The maximum atomic E-state index is 5.82. The van der Waals surface area contributed by atoms with Crippen molar-refractivity contribution in [2.75, 3.05) is 13.1 Å². The lowest BCUT2D eigenvalue weighted by atomic mass is 10.2. The minimum atomic E-state index is 0.580. The van der Waals surface area contributed by atoms with Gasteiger partial charge in [0.1, 0.15) is 0 Å². The number of halogens is 1. The van der Waals surface area contributed by atoms with E-state index >= 15 is 0 Å². The number of rotatable bonds is 7. The zero-order chi connectivity index (χ0) is 11.8. The van der Waals surface area contributed by atoms with Crippen LogP contribution in [0.5, 0.6) is 0 Å². The monoisotopic (exact) mass is 240 g/mol. The van der Waals surface area contributed by atoms with Crippen LogP contribution < -0.4 is 10.6 Å². The Hall–Kier alpha value is -0.570. The van der Waals surface area contributed by atoms with Crippen LogP contribution in [0.4, 0.5) is 0 Å². The van der Waals surface area contributed by atoms with Crippen LogP contribution in [0.1, 0.15) is 25.8 Å². The summed E-state index contributed by atoms with van der Waals surface area (Å²) in [6, 6.07) is 8.55. The smallest absolute Gasteiger partial charge is 0.0406 e. The average Bonchev–Trinajstić information content (AvgIpc) is 2.25. The molecule has 0 aromatic heterocycles. The minimum Gasteiger partial charge on any atom is -0.314 e. The Labute approximate surface area is 103 Å². The van der Waals surface area contributed by atoms with Crippen LogP contribution in [0.2, 0.25) is 5.02 Å². The summed E-state index contributed by atoms with van der Waals surface area (Å²) in [6.45, 7) is 7.37. The highest BCUT2D eigenvalue weighted by Gasteiger charge is 1.94. The normalized spacial score (nSPS) is 11.0. The highest BCUT2D eigenvalue weighted by Crippen LogP contribution is 2.08. The van der Waals surface area contributed by atoms with Crippen molar-refractivity contribution < 1.29 is 0 Å². The number of hydrogen-bond donors (Lipinski definition) is 2. The average molecular weight is 241 g/mol. The zero-order valence-corrected chi connectivity index (χ0v) is 10.8. The summed E-state index contributed by atoms with van der Waals surface area (Å²) in [5, 5.41) is 7.60. The van der Waals surface area contributed by atoms with Gasteiger partial charge >= 0.3 is 0 Å². The van der Waals surface area contributed by atoms with E-state index in [1.165, 1.54) is 5.56 Å². The molecule has 0 atom stereocenters. The van der Waals surface area contributed by atoms with Gasteiger partial charge in [0.2, 0.25) is 0 Å². The van der Waals surface area contributed by atoms with Gasteiger partial charge in [-0.25, -0.2) is 0 Å². The molecular formula is C13H21ClN2. The van der Waals surface area contributed by atoms with Crippen LogP contribution >= 0.6 is 11.6 Å². The lowest BCUT2D eigenvalue weighted by molar-refractivity contribution is 0.547. The molecule has 0 unspecified atom stereocenters. The quantitative estimate of drug-likeness (QED) is 0.717. The fourth-order valence-corrected chi connectivity index (χ4v) is 1.57. The van der Waals surface area contributed by atoms with E-state index in [0.717, 1.165) is 31.1 Å². The van der Waals surface area contributed by atoms with Crippen LogP contribution in [-0.2, 0) is 6.54 Å². The van der Waals surface area contributed by atoms with Gasteiger partial charge in [-0.1, -0.05) is 37.6 Å². The van der Waals surface area contributed by atoms with Crippen molar-refractivity contribution in [3.8, 4) is 0 Å². The third-order valence-corrected chi connectivity index (χ3v) is 2.58. The number of hydrogen-bond acceptors (Lipinski definition) is 2. The van der Waals surface area contributed by atoms with Gasteiger partial charge in [-0.2, -0.15) is 0 Å². The van der Waals surface area contributed by atoms with Gasteiger partial charge in [0.05, 0.1) is 0 Å². The van der Waals surface area contributed by atoms with Crippen molar-refractivity contribution in [1.82, 2.24) is 10.6 Å². The molecular weight excluding hydrogens is 220 g/mol. The van der Waals surface area contributed by atoms with Crippen molar-refractivity contribution in [2.45, 2.75) is 32.9 Å². The summed E-state index contributed by atoms with van der Waals surface area (Å²) >= 11 is 5.82. The molecule has 1 aromatic rings. The fraction of sp³-hybridized carbons (Fsp3) is 0.538. The summed E-state index contributed by atoms with van der Waals surface area (Å²) in [4.78, 5) is 0. The lowest BCUT2D eigenvalue weighted by Crippen LogP contribution is -2.26. The molecule has 1 rings (SSSR count). The maximum Gasteiger partial charge on any atom is 0.0406 e. The molecule has 0 aliphatic heterocycles. The van der Waals surface area contributed by atoms with Crippen LogP contribution in [0.3, 0.4) is 0 Å². The molecule has 3 heteroatoms. The van der Waals surface area contributed by atoms with Crippen LogP contribution in [0.25, 0.3) is 0 Å². The van der Waals surface area contributed by atoms with E-state index in [1.807, 2.05) is 12.1 Å². The van der Waals surface area contributed by atoms with Gasteiger partial charge in [0.25, 0.3) is 0 Å². The van der Waals surface area contributed by atoms with E-state index in [0.29, 0.717) is 6.04 Å². The SMILES string of the molecule is CC(C)NCCCNCc1ccc(Cl)cc1. The van der Waals surface area contributed by atoms with Gasteiger partial charge in [-0.15, -0.1) is 0 Å². The molecule has 90 valence electrons. The summed E-state index contributed by atoms with van der Waals surface area (Å²) in [6.07, 6.45) is 1.16. The molecule has 0 heterocycles. The first-order chi connectivity index (χ1) is 7.68. The Kier molecular flexibility index (Phi) is 6.46. The zero-order valence-electron chi connectivity index (χ0n) is 10.1. The maximum absolute atomic E-state index is 5.82. The second-order valence-electron chi connectivity index (χ2n) is 4.27. The standard InChI is InChI=1S/C13H21ClN2/c1-11(2)16-9-3-8-15-10-12-4-6-13(14)7-5-12/h4-7,11,15-16H,3,8-10H2,1-2H3. The molecule has 0 spiro atoms. The van der Waals surface area contributed by atoms with Gasteiger partial charge in [0, 0.05) is 17.6 Å². The van der Waals surface area contributed by atoms with Crippen molar-refractivity contribution in [3.05, 3.63) is 34.9 Å². The van der Waals surface area contributed by atoms with Gasteiger partial charge < -0.3 is 10.6 Å². The van der Waals surface area contributed by atoms with Gasteiger partial charge in [-0.05, 0) is 37.2 Å². The van der Waals surface area contributed by atoms with E-state index in [1.54, 1.807) is 0 Å². The second-order valence-corrected chi connectivity index (χ2v) is 4.70. The van der Waals surface area contributed by atoms with Crippen LogP contribution in [0.15, 0.2) is 24.3 Å². The first-order valence-corrected chi connectivity index (χ1v) is 6.25. The Morgan fingerprint density at radius 3 is 2.44 bits per heavy atom. The molecule has 2 nitrogen and oxygen atoms in total. The third-order valence-electron chi connectivity index (χ3n) is 2.33. The predicted octanol–water partition coefficient (Wildman–Crippen LogP) is 2.82. The van der Waals surface area contributed by atoms with Crippen molar-refractivity contribution in [1.29, 1.82) is 0 Å². The summed E-state index contributed by atoms with van der Waals surface area (Å²) in [7, 11) is 0. The molecule has 0 aliphatic carbocycles. The Balaban J connectivity index is 2.05. The molecule has 0 radical (unpaired) electrons. The number of benzene rings is 1. The molecule has 0 saturated carbocycles. The highest BCUT2D eigenvalue weighted by molar-refractivity contribution is 6.30. The third kappa shape index (κ3) is 6.11. The number of nitrogens with one attached hydrogen (secondary N) is 2. The summed E-state index contributed by atoms with van der Waals surface area (Å²) < 4.78 is 0. The first-order valence-electron chi connectivity index (χ1n) is 5.87. The highest BCUT2D eigenvalue weighted by atomic mass is 35.5. The Morgan fingerprint density at radius 2 is 1.81 bits per heavy atom. The largest absolute Gasteiger partial charge is 0.314 e. The molecule has 2 N–H and O–H groups in total. The second kappa shape index (κ2) is 7.66. The van der Waals surface area contributed by atoms with Crippen molar-refractivity contribution >= 4 is 11.6 Å². The Morgan fingerprint density at radius 1 is 1.12 bits per heavy atom. The van der Waals surface area contributed by atoms with E-state index < -0.39 is 0 Å². The van der Waals surface area contributed by atoms with Crippen molar-refractivity contribution in [3.63, 3.8) is 0 Å². The topological polar surface area (TPSA) is 24.1 Å².